The number of halogens is 1. The van der Waals surface area contributed by atoms with Crippen LogP contribution in [0.4, 0.5) is 0 Å². The maximum Gasteiger partial charge on any atom is 0.295 e. The van der Waals surface area contributed by atoms with Gasteiger partial charge in [0.15, 0.2) is 9.84 Å². The summed E-state index contributed by atoms with van der Waals surface area (Å²) < 4.78 is 24.1. The molecule has 0 radical (unpaired) electrons. The van der Waals surface area contributed by atoms with Crippen molar-refractivity contribution in [3.63, 3.8) is 0 Å². The van der Waals surface area contributed by atoms with Crippen molar-refractivity contribution in [2.45, 2.75) is 25.4 Å². The molecule has 30 heavy (non-hydrogen) atoms. The predicted molar refractivity (Wildman–Crippen MR) is 114 cm³/mol. The Morgan fingerprint density at radius 2 is 1.70 bits per heavy atom. The van der Waals surface area contributed by atoms with E-state index in [9.17, 15) is 23.1 Å². The van der Waals surface area contributed by atoms with Crippen LogP contribution in [0.1, 0.15) is 29.2 Å². The highest BCUT2D eigenvalue weighted by Crippen LogP contribution is 2.42. The van der Waals surface area contributed by atoms with Crippen molar-refractivity contribution in [1.29, 1.82) is 0 Å². The van der Waals surface area contributed by atoms with Gasteiger partial charge in [-0.15, -0.1) is 0 Å². The first-order chi connectivity index (χ1) is 14.2. The molecule has 0 aromatic heterocycles. The van der Waals surface area contributed by atoms with E-state index in [1.165, 1.54) is 4.90 Å². The lowest BCUT2D eigenvalue weighted by atomic mass is 9.94. The molecule has 0 bridgehead atoms. The van der Waals surface area contributed by atoms with E-state index >= 15 is 0 Å². The first-order valence-electron chi connectivity index (χ1n) is 9.51. The van der Waals surface area contributed by atoms with Crippen molar-refractivity contribution in [3.05, 3.63) is 75.8 Å². The number of aryl methyl sites for hydroxylation is 1. The molecule has 2 aromatic rings. The topological polar surface area (TPSA) is 91.8 Å². The number of benzene rings is 2. The fourth-order valence-corrected chi connectivity index (χ4v) is 5.90. The van der Waals surface area contributed by atoms with Crippen LogP contribution in [0.5, 0.6) is 0 Å². The van der Waals surface area contributed by atoms with Gasteiger partial charge in [-0.25, -0.2) is 8.42 Å². The fourth-order valence-electron chi connectivity index (χ4n) is 4.06. The molecule has 156 valence electrons. The lowest BCUT2D eigenvalue weighted by Gasteiger charge is -2.30. The van der Waals surface area contributed by atoms with Crippen molar-refractivity contribution in [3.8, 4) is 0 Å². The van der Waals surface area contributed by atoms with Gasteiger partial charge < -0.3 is 10.0 Å². The molecule has 2 atom stereocenters. The third-order valence-electron chi connectivity index (χ3n) is 5.59. The SMILES string of the molecule is Cc1ccc(C(O)=C2C(=O)C(=O)N(C3CCS(=O)(=O)C3)C2c2ccc(Cl)cc2)cc1. The Hall–Kier alpha value is -2.64. The highest BCUT2D eigenvalue weighted by Gasteiger charge is 2.50. The van der Waals surface area contributed by atoms with E-state index in [1.807, 2.05) is 6.92 Å². The Morgan fingerprint density at radius 3 is 2.27 bits per heavy atom. The normalized spacial score (nSPS) is 25.1. The number of carbonyl (C=O) groups is 2. The lowest BCUT2D eigenvalue weighted by molar-refractivity contribution is -0.141. The lowest BCUT2D eigenvalue weighted by Crippen LogP contribution is -2.40. The van der Waals surface area contributed by atoms with Crippen LogP contribution in [0.2, 0.25) is 5.02 Å². The molecule has 2 saturated heterocycles. The first-order valence-corrected chi connectivity index (χ1v) is 11.7. The molecule has 2 aromatic carbocycles. The summed E-state index contributed by atoms with van der Waals surface area (Å²) in [6.07, 6.45) is 0.254. The number of likely N-dealkylation sites (tertiary alicyclic amines) is 1. The third-order valence-corrected chi connectivity index (χ3v) is 7.59. The van der Waals surface area contributed by atoms with E-state index in [2.05, 4.69) is 0 Å². The van der Waals surface area contributed by atoms with Gasteiger partial charge in [0.05, 0.1) is 23.1 Å². The predicted octanol–water partition coefficient (Wildman–Crippen LogP) is 3.26. The molecule has 2 aliphatic heterocycles. The number of ketones is 1. The van der Waals surface area contributed by atoms with E-state index in [1.54, 1.807) is 48.5 Å². The zero-order valence-corrected chi connectivity index (χ0v) is 17.8. The summed E-state index contributed by atoms with van der Waals surface area (Å²) in [6.45, 7) is 1.90. The van der Waals surface area contributed by atoms with E-state index in [0.717, 1.165) is 5.56 Å². The first kappa shape index (κ1) is 20.6. The van der Waals surface area contributed by atoms with Crippen LogP contribution in [-0.4, -0.2) is 47.7 Å². The van der Waals surface area contributed by atoms with Gasteiger partial charge >= 0.3 is 0 Å². The zero-order chi connectivity index (χ0) is 21.6. The minimum absolute atomic E-state index is 0.0357. The molecule has 0 aliphatic carbocycles. The van der Waals surface area contributed by atoms with Crippen LogP contribution < -0.4 is 0 Å². The third kappa shape index (κ3) is 3.63. The van der Waals surface area contributed by atoms with Crippen molar-refractivity contribution < 1.29 is 23.1 Å². The molecule has 4 rings (SSSR count). The summed E-state index contributed by atoms with van der Waals surface area (Å²) in [4.78, 5) is 27.3. The van der Waals surface area contributed by atoms with E-state index in [0.29, 0.717) is 16.1 Å². The Balaban J connectivity index is 1.88. The van der Waals surface area contributed by atoms with E-state index < -0.39 is 33.6 Å². The Kier molecular flexibility index (Phi) is 5.20. The minimum Gasteiger partial charge on any atom is -0.507 e. The Morgan fingerprint density at radius 1 is 1.07 bits per heavy atom. The Labute approximate surface area is 179 Å². The van der Waals surface area contributed by atoms with Crippen LogP contribution in [0.25, 0.3) is 5.76 Å². The number of carbonyl (C=O) groups excluding carboxylic acids is 2. The zero-order valence-electron chi connectivity index (χ0n) is 16.2. The van der Waals surface area contributed by atoms with Gasteiger partial charge in [0.2, 0.25) is 0 Å². The van der Waals surface area contributed by atoms with Gasteiger partial charge in [-0.1, -0.05) is 53.6 Å². The fraction of sp³-hybridized carbons (Fsp3) is 0.273. The molecule has 2 aliphatic rings. The number of aliphatic hydroxyl groups excluding tert-OH is 1. The van der Waals surface area contributed by atoms with E-state index in [-0.39, 0.29) is 29.3 Å². The summed E-state index contributed by atoms with van der Waals surface area (Å²) in [6, 6.07) is 12.1. The smallest absolute Gasteiger partial charge is 0.295 e. The second-order valence-corrected chi connectivity index (χ2v) is 10.3. The summed E-state index contributed by atoms with van der Waals surface area (Å²) in [5.41, 5.74) is 1.93. The van der Waals surface area contributed by atoms with Crippen molar-refractivity contribution >= 4 is 38.9 Å². The monoisotopic (exact) mass is 445 g/mol. The highest BCUT2D eigenvalue weighted by atomic mass is 35.5. The molecule has 1 amide bonds. The molecule has 2 unspecified atom stereocenters. The number of rotatable bonds is 3. The van der Waals surface area contributed by atoms with Gasteiger partial charge in [0, 0.05) is 16.6 Å². The molecule has 0 spiro atoms. The maximum absolute atomic E-state index is 13.0. The Bertz CT molecular complexity index is 1150. The van der Waals surface area contributed by atoms with Crippen molar-refractivity contribution in [2.75, 3.05) is 11.5 Å². The number of hydrogen-bond donors (Lipinski definition) is 1. The molecule has 2 fully saturated rings. The van der Waals surface area contributed by atoms with Gasteiger partial charge in [-0.2, -0.15) is 0 Å². The second-order valence-electron chi connectivity index (χ2n) is 7.68. The van der Waals surface area contributed by atoms with Gasteiger partial charge in [-0.3, -0.25) is 9.59 Å². The largest absolute Gasteiger partial charge is 0.507 e. The molecular weight excluding hydrogens is 426 g/mol. The van der Waals surface area contributed by atoms with Crippen molar-refractivity contribution in [1.82, 2.24) is 4.90 Å². The summed E-state index contributed by atoms with van der Waals surface area (Å²) in [7, 11) is -3.29. The molecule has 8 heteroatoms. The number of aliphatic hydroxyl groups is 1. The van der Waals surface area contributed by atoms with Crippen LogP contribution in [-0.2, 0) is 19.4 Å². The van der Waals surface area contributed by atoms with Gasteiger partial charge in [-0.05, 0) is 31.0 Å². The summed E-state index contributed by atoms with van der Waals surface area (Å²) >= 11 is 6.00. The minimum atomic E-state index is -3.29. The van der Waals surface area contributed by atoms with E-state index in [4.69, 9.17) is 11.6 Å². The number of sulfone groups is 1. The molecule has 1 N–H and O–H groups in total. The quantitative estimate of drug-likeness (QED) is 0.444. The second kappa shape index (κ2) is 7.56. The number of nitrogens with zero attached hydrogens (tertiary/aromatic N) is 1. The average Bonchev–Trinajstić information content (AvgIpc) is 3.19. The standard InChI is InChI=1S/C22H20ClNO5S/c1-13-2-4-15(5-3-13)20(25)18-19(14-6-8-16(23)9-7-14)24(22(27)21(18)26)17-10-11-30(28,29)12-17/h2-9,17,19,25H,10-12H2,1H3. The number of Topliss-reactive ketones (excluding diaryl/α,β-unsaturated/α-hetero) is 1. The van der Waals surface area contributed by atoms with Crippen LogP contribution in [0.3, 0.4) is 0 Å². The maximum atomic E-state index is 13.0. The van der Waals surface area contributed by atoms with Gasteiger partial charge in [0.25, 0.3) is 11.7 Å². The number of hydrogen-bond acceptors (Lipinski definition) is 5. The van der Waals surface area contributed by atoms with Crippen LogP contribution in [0, 0.1) is 6.92 Å². The highest BCUT2D eigenvalue weighted by molar-refractivity contribution is 7.91. The molecule has 6 nitrogen and oxygen atoms in total. The molecule has 0 saturated carbocycles. The van der Waals surface area contributed by atoms with Crippen LogP contribution >= 0.6 is 11.6 Å². The van der Waals surface area contributed by atoms with Crippen LogP contribution in [0.15, 0.2) is 54.1 Å². The number of amides is 1. The van der Waals surface area contributed by atoms with Gasteiger partial charge in [0.1, 0.15) is 5.76 Å². The summed E-state index contributed by atoms with van der Waals surface area (Å²) in [5.74, 6) is -2.14. The average molecular weight is 446 g/mol. The summed E-state index contributed by atoms with van der Waals surface area (Å²) in [5, 5.41) is 11.5. The molecular formula is C22H20ClNO5S. The molecule has 2 heterocycles. The van der Waals surface area contributed by atoms with Crippen molar-refractivity contribution in [2.24, 2.45) is 0 Å².